The maximum Gasteiger partial charge on any atom is 0.325 e. The predicted octanol–water partition coefficient (Wildman–Crippen LogP) is 2.26. The van der Waals surface area contributed by atoms with Crippen molar-refractivity contribution in [2.24, 2.45) is 0 Å². The molecule has 2 aromatic rings. The van der Waals surface area contributed by atoms with Gasteiger partial charge in [0.1, 0.15) is 12.1 Å². The number of benzene rings is 1. The van der Waals surface area contributed by atoms with Crippen LogP contribution in [0.1, 0.15) is 51.9 Å². The number of rotatable bonds is 6. The fraction of sp³-hybridized carbons (Fsp3) is 0.333. The van der Waals surface area contributed by atoms with Crippen LogP contribution in [0.25, 0.3) is 0 Å². The second-order valence-corrected chi connectivity index (χ2v) is 5.96. The highest BCUT2D eigenvalue weighted by atomic mass is 16.5. The van der Waals surface area contributed by atoms with Crippen LogP contribution in [-0.4, -0.2) is 36.6 Å². The van der Waals surface area contributed by atoms with Crippen molar-refractivity contribution in [1.82, 2.24) is 10.5 Å². The topological polar surface area (TPSA) is 111 Å². The first-order valence-electron chi connectivity index (χ1n) is 8.06. The number of hydrogen-bond donors (Lipinski definition) is 2. The summed E-state index contributed by atoms with van der Waals surface area (Å²) in [5.41, 5.74) is 1.63. The number of carbonyl (C=O) groups is 3. The van der Waals surface area contributed by atoms with Gasteiger partial charge in [-0.25, -0.2) is 0 Å². The van der Waals surface area contributed by atoms with E-state index in [-0.39, 0.29) is 18.4 Å². The average Bonchev–Trinajstić information content (AvgIpc) is 3.01. The number of nitrogens with zero attached hydrogens (tertiary/aromatic N) is 1. The summed E-state index contributed by atoms with van der Waals surface area (Å²) in [5.74, 6) is -0.846. The molecule has 0 atom stereocenters. The van der Waals surface area contributed by atoms with Gasteiger partial charge in [0.15, 0.2) is 5.76 Å². The molecule has 1 aromatic carbocycles. The maximum absolute atomic E-state index is 12.6. The molecule has 0 aliphatic carbocycles. The van der Waals surface area contributed by atoms with Crippen molar-refractivity contribution in [2.75, 3.05) is 19.0 Å². The number of hydrogen-bond acceptors (Lipinski definition) is 6. The lowest BCUT2D eigenvalue weighted by molar-refractivity contribution is -0.139. The molecule has 8 heteroatoms. The number of anilines is 1. The van der Waals surface area contributed by atoms with Gasteiger partial charge in [-0.2, -0.15) is 0 Å². The van der Waals surface area contributed by atoms with Crippen molar-refractivity contribution in [3.63, 3.8) is 0 Å². The molecule has 2 N–H and O–H groups in total. The van der Waals surface area contributed by atoms with Gasteiger partial charge in [0.25, 0.3) is 11.8 Å². The summed E-state index contributed by atoms with van der Waals surface area (Å²) in [7, 11) is 1.24. The third-order valence-corrected chi connectivity index (χ3v) is 3.64. The number of ether oxygens (including phenoxy) is 1. The molecule has 2 rings (SSSR count). The highest BCUT2D eigenvalue weighted by Crippen LogP contribution is 2.23. The van der Waals surface area contributed by atoms with E-state index >= 15 is 0 Å². The molecule has 138 valence electrons. The molecule has 0 spiro atoms. The highest BCUT2D eigenvalue weighted by Gasteiger charge is 2.22. The number of aromatic nitrogens is 1. The third kappa shape index (κ3) is 4.47. The Bertz CT molecular complexity index is 826. The molecule has 0 unspecified atom stereocenters. The average molecular weight is 359 g/mol. The molecule has 0 bridgehead atoms. The van der Waals surface area contributed by atoms with Crippen molar-refractivity contribution in [2.45, 2.75) is 26.7 Å². The molecule has 2 amide bonds. The quantitative estimate of drug-likeness (QED) is 0.766. The molecule has 0 fully saturated rings. The summed E-state index contributed by atoms with van der Waals surface area (Å²) in [6.45, 7) is 5.27. The monoisotopic (exact) mass is 359 g/mol. The number of aryl methyl sites for hydroxylation is 1. The molecule has 0 aliphatic rings. The van der Waals surface area contributed by atoms with Crippen LogP contribution >= 0.6 is 0 Å². The van der Waals surface area contributed by atoms with Gasteiger partial charge in [-0.3, -0.25) is 14.4 Å². The summed E-state index contributed by atoms with van der Waals surface area (Å²) in [6, 6.07) is 6.38. The molecule has 26 heavy (non-hydrogen) atoms. The molecule has 1 heterocycles. The number of methoxy groups -OCH3 is 1. The second kappa shape index (κ2) is 8.28. The normalized spacial score (nSPS) is 10.5. The van der Waals surface area contributed by atoms with Crippen molar-refractivity contribution in [1.29, 1.82) is 0 Å². The van der Waals surface area contributed by atoms with Crippen LogP contribution in [0.15, 0.2) is 28.8 Å². The van der Waals surface area contributed by atoms with E-state index in [9.17, 15) is 14.4 Å². The summed E-state index contributed by atoms with van der Waals surface area (Å²) >= 11 is 0. The zero-order valence-electron chi connectivity index (χ0n) is 15.1. The van der Waals surface area contributed by atoms with Gasteiger partial charge in [0, 0.05) is 17.2 Å². The van der Waals surface area contributed by atoms with Crippen molar-refractivity contribution < 1.29 is 23.6 Å². The van der Waals surface area contributed by atoms with E-state index in [4.69, 9.17) is 4.52 Å². The first-order chi connectivity index (χ1) is 12.3. The predicted molar refractivity (Wildman–Crippen MR) is 94.1 cm³/mol. The lowest BCUT2D eigenvalue weighted by Crippen LogP contribution is -2.30. The lowest BCUT2D eigenvalue weighted by Gasteiger charge is -2.09. The molecule has 1 aromatic heterocycles. The summed E-state index contributed by atoms with van der Waals surface area (Å²) < 4.78 is 9.69. The van der Waals surface area contributed by atoms with Crippen LogP contribution in [-0.2, 0) is 9.53 Å². The van der Waals surface area contributed by atoms with Gasteiger partial charge in [-0.15, -0.1) is 0 Å². The third-order valence-electron chi connectivity index (χ3n) is 3.64. The van der Waals surface area contributed by atoms with E-state index in [0.717, 1.165) is 0 Å². The minimum atomic E-state index is -0.549. The Kier molecular flexibility index (Phi) is 6.11. The van der Waals surface area contributed by atoms with Crippen LogP contribution in [0, 0.1) is 6.92 Å². The molecular formula is C18H21N3O5. The Morgan fingerprint density at radius 2 is 1.96 bits per heavy atom. The minimum absolute atomic E-state index is 0.00684. The SMILES string of the molecule is COC(=O)CNC(=O)c1cccc(NC(=O)c2c(C)noc2C(C)C)c1. The van der Waals surface area contributed by atoms with E-state index in [1.54, 1.807) is 25.1 Å². The van der Waals surface area contributed by atoms with Crippen LogP contribution in [0.3, 0.4) is 0 Å². The van der Waals surface area contributed by atoms with Crippen LogP contribution in [0.5, 0.6) is 0 Å². The first kappa shape index (κ1) is 19.2. The van der Waals surface area contributed by atoms with Gasteiger partial charge in [0.05, 0.1) is 12.8 Å². The van der Waals surface area contributed by atoms with Gasteiger partial charge in [0.2, 0.25) is 0 Å². The Balaban J connectivity index is 2.13. The highest BCUT2D eigenvalue weighted by molar-refractivity contribution is 6.06. The standard InChI is InChI=1S/C18H21N3O5/c1-10(2)16-15(11(3)21-26-16)18(24)20-13-7-5-6-12(8-13)17(23)19-9-14(22)25-4/h5-8,10H,9H2,1-4H3,(H,19,23)(H,20,24). The first-order valence-corrected chi connectivity index (χ1v) is 8.06. The number of amides is 2. The van der Waals surface area contributed by atoms with Crippen LogP contribution in [0.4, 0.5) is 5.69 Å². The summed E-state index contributed by atoms with van der Waals surface area (Å²) in [5, 5.41) is 9.03. The molecule has 0 saturated heterocycles. The minimum Gasteiger partial charge on any atom is -0.468 e. The second-order valence-electron chi connectivity index (χ2n) is 5.96. The summed E-state index contributed by atoms with van der Waals surface area (Å²) in [6.07, 6.45) is 0. The fourth-order valence-electron chi connectivity index (χ4n) is 2.32. The van der Waals surface area contributed by atoms with E-state index < -0.39 is 11.9 Å². The van der Waals surface area contributed by atoms with E-state index in [1.807, 2.05) is 13.8 Å². The molecule has 0 radical (unpaired) electrons. The van der Waals surface area contributed by atoms with Crippen LogP contribution < -0.4 is 10.6 Å². The van der Waals surface area contributed by atoms with Gasteiger partial charge in [-0.1, -0.05) is 25.1 Å². The number of carbonyl (C=O) groups excluding carboxylic acids is 3. The number of nitrogens with one attached hydrogen (secondary N) is 2. The van der Waals surface area contributed by atoms with Gasteiger partial charge >= 0.3 is 5.97 Å². The Morgan fingerprint density at radius 1 is 1.23 bits per heavy atom. The zero-order valence-corrected chi connectivity index (χ0v) is 15.1. The fourth-order valence-corrected chi connectivity index (χ4v) is 2.32. The molecule has 8 nitrogen and oxygen atoms in total. The van der Waals surface area contributed by atoms with Crippen molar-refractivity contribution in [3.8, 4) is 0 Å². The van der Waals surface area contributed by atoms with Gasteiger partial charge in [-0.05, 0) is 25.1 Å². The van der Waals surface area contributed by atoms with Crippen LogP contribution in [0.2, 0.25) is 0 Å². The van der Waals surface area contributed by atoms with Crippen molar-refractivity contribution >= 4 is 23.5 Å². The van der Waals surface area contributed by atoms with E-state index in [1.165, 1.54) is 13.2 Å². The van der Waals surface area contributed by atoms with Gasteiger partial charge < -0.3 is 19.9 Å². The molecule has 0 aliphatic heterocycles. The Hall–Kier alpha value is -3.16. The largest absolute Gasteiger partial charge is 0.468 e. The smallest absolute Gasteiger partial charge is 0.325 e. The molecular weight excluding hydrogens is 338 g/mol. The summed E-state index contributed by atoms with van der Waals surface area (Å²) in [4.78, 5) is 35.8. The maximum atomic E-state index is 12.6. The molecule has 0 saturated carbocycles. The number of esters is 1. The zero-order chi connectivity index (χ0) is 19.3. The lowest BCUT2D eigenvalue weighted by atomic mass is 10.0. The van der Waals surface area contributed by atoms with E-state index in [0.29, 0.717) is 28.3 Å². The van der Waals surface area contributed by atoms with E-state index in [2.05, 4.69) is 20.5 Å². The Morgan fingerprint density at radius 3 is 2.62 bits per heavy atom. The van der Waals surface area contributed by atoms with Crippen molar-refractivity contribution in [3.05, 3.63) is 46.8 Å². The Labute approximate surface area is 150 Å².